The van der Waals surface area contributed by atoms with Gasteiger partial charge in [0.25, 0.3) is 0 Å². The van der Waals surface area contributed by atoms with Crippen LogP contribution < -0.4 is 4.74 Å². The molecule has 0 aliphatic heterocycles. The number of halogens is 8. The predicted octanol–water partition coefficient (Wildman–Crippen LogP) is 8.26. The van der Waals surface area contributed by atoms with Crippen LogP contribution in [0.5, 0.6) is 5.75 Å². The maximum atomic E-state index is 14.5. The zero-order valence-corrected chi connectivity index (χ0v) is 17.2. The van der Waals surface area contributed by atoms with E-state index in [-0.39, 0.29) is 16.9 Å². The molecule has 0 unspecified atom stereocenters. The minimum Gasteiger partial charge on any atom is -0.429 e. The smallest absolute Gasteiger partial charge is 0.429 e. The first-order chi connectivity index (χ1) is 15.4. The minimum atomic E-state index is -5.21. The van der Waals surface area contributed by atoms with Crippen molar-refractivity contribution in [3.05, 3.63) is 88.7 Å². The van der Waals surface area contributed by atoms with Gasteiger partial charge in [0, 0.05) is 0 Å². The molecule has 0 aliphatic rings. The van der Waals surface area contributed by atoms with E-state index in [2.05, 4.69) is 4.74 Å². The van der Waals surface area contributed by atoms with Gasteiger partial charge in [-0.25, -0.2) is 13.2 Å². The van der Waals surface area contributed by atoms with E-state index in [0.29, 0.717) is 24.1 Å². The van der Waals surface area contributed by atoms with Crippen molar-refractivity contribution in [1.29, 1.82) is 0 Å². The van der Waals surface area contributed by atoms with Crippen LogP contribution in [0, 0.1) is 17.5 Å². The van der Waals surface area contributed by atoms with Crippen LogP contribution in [-0.4, -0.2) is 0 Å². The summed E-state index contributed by atoms with van der Waals surface area (Å²) >= 11 is 0. The lowest BCUT2D eigenvalue weighted by atomic mass is 10.0. The summed E-state index contributed by atoms with van der Waals surface area (Å²) in [5.74, 6) is -5.11. The van der Waals surface area contributed by atoms with Gasteiger partial charge in [-0.3, -0.25) is 0 Å². The minimum absolute atomic E-state index is 0.0589. The second kappa shape index (κ2) is 9.41. The number of hydrogen-bond donors (Lipinski definition) is 0. The zero-order valence-electron chi connectivity index (χ0n) is 17.2. The van der Waals surface area contributed by atoms with Crippen LogP contribution in [0.25, 0.3) is 11.1 Å². The number of rotatable bonds is 7. The standard InChI is InChI=1S/C24H18F8O/c1-2-3-4-14-5-10-18(19(25)11-14)24(31,32)33-17-8-6-15(7-9-17)16-12-20(26)22(21(27)13-16)23(28,29)30/h5-13H,2-4H2,1H3. The summed E-state index contributed by atoms with van der Waals surface area (Å²) in [6.45, 7) is 1.95. The molecule has 9 heteroatoms. The molecule has 3 aromatic rings. The summed E-state index contributed by atoms with van der Waals surface area (Å²) < 4.78 is 114. The summed E-state index contributed by atoms with van der Waals surface area (Å²) in [4.78, 5) is 0. The second-order valence-electron chi connectivity index (χ2n) is 7.37. The normalized spacial score (nSPS) is 12.2. The van der Waals surface area contributed by atoms with Crippen LogP contribution in [0.1, 0.15) is 36.5 Å². The van der Waals surface area contributed by atoms with Crippen molar-refractivity contribution < 1.29 is 39.9 Å². The molecule has 0 aromatic heterocycles. The van der Waals surface area contributed by atoms with E-state index in [0.717, 1.165) is 49.2 Å². The third-order valence-electron chi connectivity index (χ3n) is 4.93. The molecule has 3 aromatic carbocycles. The van der Waals surface area contributed by atoms with E-state index in [1.807, 2.05) is 6.92 Å². The molecule has 0 spiro atoms. The number of ether oxygens (including phenoxy) is 1. The third kappa shape index (κ3) is 5.64. The Kier molecular flexibility index (Phi) is 7.00. The van der Waals surface area contributed by atoms with Gasteiger partial charge >= 0.3 is 12.3 Å². The molecule has 1 nitrogen and oxygen atoms in total. The van der Waals surface area contributed by atoms with Crippen LogP contribution in [0.15, 0.2) is 54.6 Å². The van der Waals surface area contributed by atoms with E-state index in [9.17, 15) is 35.1 Å². The Morgan fingerprint density at radius 3 is 1.85 bits per heavy atom. The number of aryl methyl sites for hydroxylation is 1. The lowest BCUT2D eigenvalue weighted by Gasteiger charge is -2.19. The first kappa shape index (κ1) is 24.5. The molecular weight excluding hydrogens is 456 g/mol. The number of alkyl halides is 5. The van der Waals surface area contributed by atoms with Crippen molar-refractivity contribution in [2.45, 2.75) is 38.5 Å². The molecule has 0 aliphatic carbocycles. The average Bonchev–Trinajstić information content (AvgIpc) is 2.70. The van der Waals surface area contributed by atoms with Gasteiger partial charge in [-0.2, -0.15) is 22.0 Å². The molecule has 0 fully saturated rings. The lowest BCUT2D eigenvalue weighted by molar-refractivity contribution is -0.187. The number of unbranched alkanes of at least 4 members (excludes halogenated alkanes) is 1. The van der Waals surface area contributed by atoms with E-state index < -0.39 is 40.9 Å². The van der Waals surface area contributed by atoms with E-state index >= 15 is 0 Å². The Bertz CT molecular complexity index is 1100. The fourth-order valence-electron chi connectivity index (χ4n) is 3.26. The van der Waals surface area contributed by atoms with E-state index in [4.69, 9.17) is 0 Å². The fourth-order valence-corrected chi connectivity index (χ4v) is 3.26. The topological polar surface area (TPSA) is 9.23 Å². The number of hydrogen-bond acceptors (Lipinski definition) is 1. The first-order valence-corrected chi connectivity index (χ1v) is 9.94. The second-order valence-corrected chi connectivity index (χ2v) is 7.37. The van der Waals surface area contributed by atoms with Gasteiger partial charge in [0.2, 0.25) is 0 Å². The Hall–Kier alpha value is -3.10. The van der Waals surface area contributed by atoms with E-state index in [1.54, 1.807) is 0 Å². The van der Waals surface area contributed by atoms with Gasteiger partial charge in [0.05, 0.1) is 5.56 Å². The van der Waals surface area contributed by atoms with Gasteiger partial charge < -0.3 is 4.74 Å². The molecule has 0 saturated heterocycles. The predicted molar refractivity (Wildman–Crippen MR) is 106 cm³/mol. The quantitative estimate of drug-likeness (QED) is 0.313. The Morgan fingerprint density at radius 1 is 0.727 bits per heavy atom. The van der Waals surface area contributed by atoms with Crippen molar-refractivity contribution >= 4 is 0 Å². The fraction of sp³-hybridized carbons (Fsp3) is 0.250. The summed E-state index contributed by atoms with van der Waals surface area (Å²) in [6, 6.07) is 8.68. The molecule has 33 heavy (non-hydrogen) atoms. The summed E-state index contributed by atoms with van der Waals surface area (Å²) in [5, 5.41) is 0. The largest absolute Gasteiger partial charge is 0.429 e. The SMILES string of the molecule is CCCCc1ccc(C(F)(F)Oc2ccc(-c3cc(F)c(C(F)(F)F)c(F)c3)cc2)c(F)c1. The van der Waals surface area contributed by atoms with Crippen LogP contribution in [0.4, 0.5) is 35.1 Å². The molecule has 0 N–H and O–H groups in total. The maximum absolute atomic E-state index is 14.5. The van der Waals surface area contributed by atoms with Crippen molar-refractivity contribution in [3.63, 3.8) is 0 Å². The molecule has 0 radical (unpaired) electrons. The van der Waals surface area contributed by atoms with Gasteiger partial charge in [-0.1, -0.05) is 31.5 Å². The molecule has 0 atom stereocenters. The molecule has 0 saturated carbocycles. The summed E-state index contributed by atoms with van der Waals surface area (Å²) in [6.07, 6.45) is -7.03. The monoisotopic (exact) mass is 474 g/mol. The van der Waals surface area contributed by atoms with Gasteiger partial charge in [0.15, 0.2) is 0 Å². The lowest BCUT2D eigenvalue weighted by Crippen LogP contribution is -2.23. The number of benzene rings is 3. The third-order valence-corrected chi connectivity index (χ3v) is 4.93. The average molecular weight is 474 g/mol. The zero-order chi connectivity index (χ0) is 24.4. The molecule has 3 rings (SSSR count). The maximum Gasteiger partial charge on any atom is 0.429 e. The van der Waals surface area contributed by atoms with Crippen molar-refractivity contribution in [1.82, 2.24) is 0 Å². The first-order valence-electron chi connectivity index (χ1n) is 9.94. The van der Waals surface area contributed by atoms with Crippen LogP contribution in [0.2, 0.25) is 0 Å². The van der Waals surface area contributed by atoms with Crippen LogP contribution >= 0.6 is 0 Å². The molecule has 0 amide bonds. The van der Waals surface area contributed by atoms with Crippen molar-refractivity contribution in [2.24, 2.45) is 0 Å². The van der Waals surface area contributed by atoms with E-state index in [1.165, 1.54) is 6.07 Å². The molecular formula is C24H18F8O. The summed E-state index contributed by atoms with van der Waals surface area (Å²) in [5.41, 5.74) is -2.57. The van der Waals surface area contributed by atoms with Crippen molar-refractivity contribution in [2.75, 3.05) is 0 Å². The molecule has 0 bridgehead atoms. The Balaban J connectivity index is 1.81. The van der Waals surface area contributed by atoms with Gasteiger partial charge in [-0.05, 0) is 65.9 Å². The molecule has 176 valence electrons. The van der Waals surface area contributed by atoms with Gasteiger partial charge in [0.1, 0.15) is 28.8 Å². The van der Waals surface area contributed by atoms with Crippen molar-refractivity contribution in [3.8, 4) is 16.9 Å². The van der Waals surface area contributed by atoms with Crippen LogP contribution in [0.3, 0.4) is 0 Å². The highest BCUT2D eigenvalue weighted by atomic mass is 19.4. The Labute approximate surface area is 184 Å². The highest BCUT2D eigenvalue weighted by Crippen LogP contribution is 2.37. The van der Waals surface area contributed by atoms with Crippen LogP contribution in [-0.2, 0) is 18.7 Å². The summed E-state index contributed by atoms with van der Waals surface area (Å²) in [7, 11) is 0. The highest BCUT2D eigenvalue weighted by molar-refractivity contribution is 5.65. The van der Waals surface area contributed by atoms with Gasteiger partial charge in [-0.15, -0.1) is 0 Å². The Morgan fingerprint density at radius 2 is 1.33 bits per heavy atom. The highest BCUT2D eigenvalue weighted by Gasteiger charge is 2.39. The molecule has 0 heterocycles.